The number of aryl methyl sites for hydroxylation is 1. The van der Waals surface area contributed by atoms with Crippen molar-refractivity contribution in [2.24, 2.45) is 0 Å². The fourth-order valence-electron chi connectivity index (χ4n) is 3.82. The second-order valence-electron chi connectivity index (χ2n) is 8.39. The van der Waals surface area contributed by atoms with Gasteiger partial charge in [-0.2, -0.15) is 4.31 Å². The summed E-state index contributed by atoms with van der Waals surface area (Å²) in [4.78, 5) is 27.7. The first-order chi connectivity index (χ1) is 17.2. The average Bonchev–Trinajstić information content (AvgIpc) is 2.88. The quantitative estimate of drug-likeness (QED) is 0.511. The largest absolute Gasteiger partial charge is 0.496 e. The fourth-order valence-corrected chi connectivity index (χ4v) is 5.26. The van der Waals surface area contributed by atoms with Gasteiger partial charge in [0.1, 0.15) is 12.3 Å². The van der Waals surface area contributed by atoms with Gasteiger partial charge in [-0.1, -0.05) is 12.1 Å². The third kappa shape index (κ3) is 6.41. The number of nitrogens with zero attached hydrogens (tertiary/aromatic N) is 2. The lowest BCUT2D eigenvalue weighted by Gasteiger charge is -2.27. The van der Waals surface area contributed by atoms with E-state index in [-0.39, 0.29) is 54.9 Å². The first-order valence-electron chi connectivity index (χ1n) is 11.6. The number of methoxy groups -OCH3 is 2. The normalized spacial score (nSPS) is 14.3. The van der Waals surface area contributed by atoms with Crippen molar-refractivity contribution in [1.29, 1.82) is 0 Å². The molecule has 2 aromatic carbocycles. The summed E-state index contributed by atoms with van der Waals surface area (Å²) in [6.07, 6.45) is 0. The smallest absolute Gasteiger partial charge is 0.258 e. The van der Waals surface area contributed by atoms with Gasteiger partial charge >= 0.3 is 0 Å². The number of benzene rings is 2. The van der Waals surface area contributed by atoms with Gasteiger partial charge < -0.3 is 24.4 Å². The Bertz CT molecular complexity index is 1190. The van der Waals surface area contributed by atoms with E-state index in [9.17, 15) is 18.0 Å². The number of hydrogen-bond donors (Lipinski definition) is 1. The molecule has 0 aromatic heterocycles. The molecule has 1 fully saturated rings. The Kier molecular flexibility index (Phi) is 9.43. The van der Waals surface area contributed by atoms with Crippen LogP contribution in [0.2, 0.25) is 0 Å². The zero-order chi connectivity index (χ0) is 26.3. The minimum Gasteiger partial charge on any atom is -0.496 e. The van der Waals surface area contributed by atoms with Crippen molar-refractivity contribution >= 4 is 27.5 Å². The Morgan fingerprint density at radius 2 is 1.83 bits per heavy atom. The van der Waals surface area contributed by atoms with Crippen LogP contribution in [0, 0.1) is 13.8 Å². The van der Waals surface area contributed by atoms with Crippen LogP contribution in [-0.4, -0.2) is 89.7 Å². The molecule has 11 heteroatoms. The van der Waals surface area contributed by atoms with Gasteiger partial charge in [0, 0.05) is 32.4 Å². The Balaban J connectivity index is 1.88. The first kappa shape index (κ1) is 27.6. The summed E-state index contributed by atoms with van der Waals surface area (Å²) < 4.78 is 43.4. The molecule has 10 nitrogen and oxygen atoms in total. The van der Waals surface area contributed by atoms with E-state index in [0.29, 0.717) is 18.9 Å². The molecule has 0 bridgehead atoms. The number of morpholine rings is 1. The topological polar surface area (TPSA) is 114 Å². The number of anilines is 1. The van der Waals surface area contributed by atoms with Gasteiger partial charge in [0.05, 0.1) is 37.4 Å². The maximum Gasteiger partial charge on any atom is 0.258 e. The van der Waals surface area contributed by atoms with Crippen LogP contribution in [0.4, 0.5) is 5.69 Å². The van der Waals surface area contributed by atoms with Crippen LogP contribution >= 0.6 is 0 Å². The standard InChI is InChI=1S/C25H33N3O7S/c1-18-6-5-7-22(19(18)2)26-24(29)17-27(10-13-33-3)25(30)21-16-20(8-9-23(21)34-4)36(31,32)28-11-14-35-15-12-28/h5-9,16H,10-15,17H2,1-4H3,(H,26,29). The van der Waals surface area contributed by atoms with Gasteiger partial charge in [0.2, 0.25) is 15.9 Å². The molecule has 2 amide bonds. The molecule has 0 spiro atoms. The van der Waals surface area contributed by atoms with Gasteiger partial charge in [0.15, 0.2) is 0 Å². The van der Waals surface area contributed by atoms with Crippen LogP contribution in [0.15, 0.2) is 41.3 Å². The molecule has 0 aliphatic carbocycles. The Morgan fingerprint density at radius 3 is 2.50 bits per heavy atom. The van der Waals surface area contributed by atoms with Gasteiger partial charge in [-0.3, -0.25) is 9.59 Å². The molecule has 0 radical (unpaired) electrons. The third-order valence-corrected chi connectivity index (χ3v) is 7.97. The number of amides is 2. The highest BCUT2D eigenvalue weighted by molar-refractivity contribution is 7.89. The van der Waals surface area contributed by atoms with E-state index >= 15 is 0 Å². The molecule has 1 heterocycles. The van der Waals surface area contributed by atoms with Crippen LogP contribution in [0.1, 0.15) is 21.5 Å². The summed E-state index contributed by atoms with van der Waals surface area (Å²) in [5.41, 5.74) is 2.67. The molecule has 36 heavy (non-hydrogen) atoms. The van der Waals surface area contributed by atoms with Crippen LogP contribution in [0.5, 0.6) is 5.75 Å². The van der Waals surface area contributed by atoms with E-state index in [0.717, 1.165) is 11.1 Å². The van der Waals surface area contributed by atoms with E-state index in [2.05, 4.69) is 5.32 Å². The Morgan fingerprint density at radius 1 is 1.11 bits per heavy atom. The van der Waals surface area contributed by atoms with Crippen LogP contribution in [0.25, 0.3) is 0 Å². The molecular weight excluding hydrogens is 486 g/mol. The predicted molar refractivity (Wildman–Crippen MR) is 135 cm³/mol. The minimum absolute atomic E-state index is 0.0277. The van der Waals surface area contributed by atoms with Crippen molar-refractivity contribution in [2.45, 2.75) is 18.7 Å². The number of hydrogen-bond acceptors (Lipinski definition) is 7. The number of nitrogens with one attached hydrogen (secondary N) is 1. The van der Waals surface area contributed by atoms with Crippen LogP contribution in [-0.2, 0) is 24.3 Å². The third-order valence-electron chi connectivity index (χ3n) is 6.07. The lowest BCUT2D eigenvalue weighted by atomic mass is 10.1. The van der Waals surface area contributed by atoms with Gasteiger partial charge in [0.25, 0.3) is 5.91 Å². The predicted octanol–water partition coefficient (Wildman–Crippen LogP) is 2.06. The van der Waals surface area contributed by atoms with E-state index in [4.69, 9.17) is 14.2 Å². The van der Waals surface area contributed by atoms with Crippen molar-refractivity contribution in [1.82, 2.24) is 9.21 Å². The number of ether oxygens (including phenoxy) is 3. The zero-order valence-corrected chi connectivity index (χ0v) is 21.9. The average molecular weight is 520 g/mol. The molecule has 0 atom stereocenters. The Labute approximate surface area is 212 Å². The maximum atomic E-state index is 13.6. The lowest BCUT2D eigenvalue weighted by Crippen LogP contribution is -2.41. The number of carbonyl (C=O) groups excluding carboxylic acids is 2. The SMILES string of the molecule is COCCN(CC(=O)Nc1cccc(C)c1C)C(=O)c1cc(S(=O)(=O)N2CCOCC2)ccc1OC. The second-order valence-corrected chi connectivity index (χ2v) is 10.3. The molecule has 1 aliphatic rings. The van der Waals surface area contributed by atoms with Crippen LogP contribution < -0.4 is 10.1 Å². The van der Waals surface area contributed by atoms with E-state index in [1.165, 1.54) is 41.6 Å². The van der Waals surface area contributed by atoms with E-state index < -0.39 is 15.9 Å². The van der Waals surface area contributed by atoms with Crippen molar-refractivity contribution in [3.63, 3.8) is 0 Å². The lowest BCUT2D eigenvalue weighted by molar-refractivity contribution is -0.117. The minimum atomic E-state index is -3.84. The van der Waals surface area contributed by atoms with E-state index in [1.54, 1.807) is 6.07 Å². The molecule has 1 N–H and O–H groups in total. The molecule has 2 aromatic rings. The van der Waals surface area contributed by atoms with Gasteiger partial charge in [-0.05, 0) is 49.2 Å². The maximum absolute atomic E-state index is 13.6. The van der Waals surface area contributed by atoms with Crippen molar-refractivity contribution < 1.29 is 32.2 Å². The highest BCUT2D eigenvalue weighted by atomic mass is 32.2. The Hall–Kier alpha value is -2.99. The summed E-state index contributed by atoms with van der Waals surface area (Å²) >= 11 is 0. The molecule has 1 aliphatic heterocycles. The van der Waals surface area contributed by atoms with Gasteiger partial charge in [-0.15, -0.1) is 0 Å². The van der Waals surface area contributed by atoms with E-state index in [1.807, 2.05) is 26.0 Å². The molecule has 0 saturated carbocycles. The molecule has 0 unspecified atom stereocenters. The number of sulfonamides is 1. The first-order valence-corrected chi connectivity index (χ1v) is 13.0. The number of rotatable bonds is 10. The summed E-state index contributed by atoms with van der Waals surface area (Å²) in [7, 11) is -0.942. The van der Waals surface area contributed by atoms with Crippen molar-refractivity contribution in [3.8, 4) is 5.75 Å². The molecule has 1 saturated heterocycles. The van der Waals surface area contributed by atoms with Crippen molar-refractivity contribution in [2.75, 3.05) is 65.5 Å². The molecule has 3 rings (SSSR count). The zero-order valence-electron chi connectivity index (χ0n) is 21.1. The van der Waals surface area contributed by atoms with Crippen LogP contribution in [0.3, 0.4) is 0 Å². The van der Waals surface area contributed by atoms with Crippen molar-refractivity contribution in [3.05, 3.63) is 53.1 Å². The molecule has 196 valence electrons. The van der Waals surface area contributed by atoms with Gasteiger partial charge in [-0.25, -0.2) is 8.42 Å². The summed E-state index contributed by atoms with van der Waals surface area (Å²) in [5.74, 6) is -0.721. The number of carbonyl (C=O) groups is 2. The highest BCUT2D eigenvalue weighted by Crippen LogP contribution is 2.26. The summed E-state index contributed by atoms with van der Waals surface area (Å²) in [6, 6.07) is 9.75. The highest BCUT2D eigenvalue weighted by Gasteiger charge is 2.29. The molecular formula is C25H33N3O7S. The fraction of sp³-hybridized carbons (Fsp3) is 0.440. The monoisotopic (exact) mass is 519 g/mol. The summed E-state index contributed by atoms with van der Waals surface area (Å²) in [5, 5.41) is 2.85. The summed E-state index contributed by atoms with van der Waals surface area (Å²) in [6.45, 7) is 5.00. The second kappa shape index (κ2) is 12.3.